The van der Waals surface area contributed by atoms with Crippen LogP contribution in [0.5, 0.6) is 0 Å². The molecule has 1 fully saturated rings. The van der Waals surface area contributed by atoms with E-state index in [9.17, 15) is 13.4 Å². The van der Waals surface area contributed by atoms with Crippen LogP contribution in [0.3, 0.4) is 0 Å². The van der Waals surface area contributed by atoms with Crippen LogP contribution in [-0.4, -0.2) is 45.0 Å². The zero-order valence-electron chi connectivity index (χ0n) is 12.3. The van der Waals surface area contributed by atoms with Gasteiger partial charge in [0.25, 0.3) is 0 Å². The van der Waals surface area contributed by atoms with E-state index in [0.717, 1.165) is 5.75 Å². The maximum atomic E-state index is 13.8. The normalized spacial score (nSPS) is 23.7. The Morgan fingerprint density at radius 3 is 2.81 bits per heavy atom. The van der Waals surface area contributed by atoms with E-state index in [1.807, 2.05) is 18.7 Å². The second-order valence-electron chi connectivity index (χ2n) is 5.04. The molecular formula is C14H19FN2O2S2. The minimum atomic E-state index is -1.38. The number of nitrogens with one attached hydrogen (secondary N) is 1. The van der Waals surface area contributed by atoms with Crippen LogP contribution in [0.4, 0.5) is 14.9 Å². The second-order valence-corrected chi connectivity index (χ2v) is 7.87. The number of halogens is 1. The Bertz CT molecular complexity index is 568. The number of nitrogens with zero attached hydrogens (tertiary/aromatic N) is 1. The first-order chi connectivity index (χ1) is 9.90. The number of benzene rings is 1. The largest absolute Gasteiger partial charge is 0.322 e. The molecule has 2 rings (SSSR count). The van der Waals surface area contributed by atoms with Crippen molar-refractivity contribution >= 4 is 34.3 Å². The van der Waals surface area contributed by atoms with Crippen LogP contribution in [0, 0.1) is 5.82 Å². The Morgan fingerprint density at radius 2 is 2.19 bits per heavy atom. The molecule has 0 unspecified atom stereocenters. The van der Waals surface area contributed by atoms with Gasteiger partial charge in [0.05, 0.1) is 15.7 Å². The molecule has 1 aliphatic heterocycles. The maximum absolute atomic E-state index is 13.8. The van der Waals surface area contributed by atoms with Gasteiger partial charge in [0.2, 0.25) is 0 Å². The number of anilines is 1. The first kappa shape index (κ1) is 16.3. The molecule has 1 N–H and O–H groups in total. The number of hydrogen-bond acceptors (Lipinski definition) is 3. The lowest BCUT2D eigenvalue weighted by atomic mass is 10.2. The molecule has 1 aromatic rings. The summed E-state index contributed by atoms with van der Waals surface area (Å²) in [6.07, 6.45) is 1.42. The second kappa shape index (κ2) is 6.79. The summed E-state index contributed by atoms with van der Waals surface area (Å²) in [5.74, 6) is 0.338. The Hall–Kier alpha value is -1.08. The van der Waals surface area contributed by atoms with Crippen LogP contribution in [0.25, 0.3) is 0 Å². The van der Waals surface area contributed by atoms with Gasteiger partial charge in [-0.1, -0.05) is 6.92 Å². The van der Waals surface area contributed by atoms with Crippen molar-refractivity contribution in [2.75, 3.05) is 23.9 Å². The van der Waals surface area contributed by atoms with Gasteiger partial charge in [-0.05, 0) is 25.1 Å². The van der Waals surface area contributed by atoms with E-state index in [2.05, 4.69) is 12.2 Å². The number of rotatable bonds is 2. The van der Waals surface area contributed by atoms with Gasteiger partial charge in [0.1, 0.15) is 5.82 Å². The molecule has 0 aliphatic carbocycles. The maximum Gasteiger partial charge on any atom is 0.322 e. The molecule has 1 aromatic carbocycles. The molecular weight excluding hydrogens is 311 g/mol. The lowest BCUT2D eigenvalue weighted by Gasteiger charge is -2.37. The van der Waals surface area contributed by atoms with E-state index in [1.54, 1.807) is 11.0 Å². The highest BCUT2D eigenvalue weighted by Gasteiger charge is 2.28. The monoisotopic (exact) mass is 330 g/mol. The quantitative estimate of drug-likeness (QED) is 0.907. The molecule has 21 heavy (non-hydrogen) atoms. The van der Waals surface area contributed by atoms with Gasteiger partial charge >= 0.3 is 6.03 Å². The fourth-order valence-electron chi connectivity index (χ4n) is 2.23. The zero-order chi connectivity index (χ0) is 15.6. The summed E-state index contributed by atoms with van der Waals surface area (Å²) in [4.78, 5) is 14.2. The van der Waals surface area contributed by atoms with Crippen molar-refractivity contribution in [2.24, 2.45) is 0 Å². The Labute approximate surface area is 130 Å². The highest BCUT2D eigenvalue weighted by atomic mass is 32.2. The van der Waals surface area contributed by atoms with Crippen molar-refractivity contribution in [1.29, 1.82) is 0 Å². The number of carbonyl (C=O) groups is 1. The minimum Gasteiger partial charge on any atom is -0.320 e. The van der Waals surface area contributed by atoms with E-state index >= 15 is 0 Å². The molecule has 4 nitrogen and oxygen atoms in total. The molecule has 0 radical (unpaired) electrons. The zero-order valence-corrected chi connectivity index (χ0v) is 13.9. The van der Waals surface area contributed by atoms with Gasteiger partial charge in [-0.15, -0.1) is 0 Å². The molecule has 0 saturated carbocycles. The summed E-state index contributed by atoms with van der Waals surface area (Å²) in [7, 11) is -1.38. The van der Waals surface area contributed by atoms with Crippen molar-refractivity contribution in [3.8, 4) is 0 Å². The van der Waals surface area contributed by atoms with Crippen LogP contribution in [-0.2, 0) is 10.8 Å². The van der Waals surface area contributed by atoms with Gasteiger partial charge in [-0.2, -0.15) is 11.8 Å². The van der Waals surface area contributed by atoms with Crippen molar-refractivity contribution in [3.05, 3.63) is 24.0 Å². The van der Waals surface area contributed by atoms with Crippen LogP contribution in [0.15, 0.2) is 23.1 Å². The average Bonchev–Trinajstić information content (AvgIpc) is 2.41. The summed E-state index contributed by atoms with van der Waals surface area (Å²) in [5.41, 5.74) is 0.379. The van der Waals surface area contributed by atoms with Gasteiger partial charge in [-0.3, -0.25) is 4.21 Å². The molecule has 1 saturated heterocycles. The Kier molecular flexibility index (Phi) is 5.27. The molecule has 1 aliphatic rings. The van der Waals surface area contributed by atoms with E-state index in [0.29, 0.717) is 17.5 Å². The number of hydrogen-bond donors (Lipinski definition) is 1. The number of amides is 2. The molecule has 7 heteroatoms. The smallest absolute Gasteiger partial charge is 0.320 e. The SMILES string of the molecule is C[C@@H]1SCCN(C(=O)Nc2ccc([S@](C)=O)c(F)c2)[C@H]1C. The summed E-state index contributed by atoms with van der Waals surface area (Å²) in [6, 6.07) is 4.14. The Balaban J connectivity index is 2.09. The first-order valence-electron chi connectivity index (χ1n) is 6.72. The molecule has 0 spiro atoms. The topological polar surface area (TPSA) is 49.4 Å². The predicted octanol–water partition coefficient (Wildman–Crippen LogP) is 2.92. The number of carbonyl (C=O) groups excluding carboxylic acids is 1. The van der Waals surface area contributed by atoms with E-state index in [-0.39, 0.29) is 17.0 Å². The fraction of sp³-hybridized carbons (Fsp3) is 0.500. The third kappa shape index (κ3) is 3.77. The van der Waals surface area contributed by atoms with E-state index in [4.69, 9.17) is 0 Å². The van der Waals surface area contributed by atoms with Gasteiger partial charge in [0, 0.05) is 35.5 Å². The third-order valence-corrected chi connectivity index (χ3v) is 5.93. The molecule has 2 amide bonds. The molecule has 1 heterocycles. The fourth-order valence-corrected chi connectivity index (χ4v) is 3.92. The molecule has 0 bridgehead atoms. The van der Waals surface area contributed by atoms with Gasteiger partial charge < -0.3 is 10.2 Å². The standard InChI is InChI=1S/C14H19FN2O2S2/c1-9-10(2)20-7-6-17(9)14(18)16-11-4-5-13(21(3)19)12(15)8-11/h4-5,8-10H,6-7H2,1-3H3,(H,16,18)/t9-,10-,21-/m0/s1. The summed E-state index contributed by atoms with van der Waals surface area (Å²) in [5, 5.41) is 3.09. The lowest BCUT2D eigenvalue weighted by Crippen LogP contribution is -2.49. The van der Waals surface area contributed by atoms with Gasteiger partial charge in [-0.25, -0.2) is 9.18 Å². The van der Waals surface area contributed by atoms with Crippen LogP contribution in [0.2, 0.25) is 0 Å². The number of thioether (sulfide) groups is 1. The van der Waals surface area contributed by atoms with Crippen molar-refractivity contribution in [3.63, 3.8) is 0 Å². The Morgan fingerprint density at radius 1 is 1.48 bits per heavy atom. The van der Waals surface area contributed by atoms with Crippen LogP contribution >= 0.6 is 11.8 Å². The molecule has 0 aromatic heterocycles. The number of urea groups is 1. The van der Waals surface area contributed by atoms with Crippen LogP contribution < -0.4 is 5.32 Å². The van der Waals surface area contributed by atoms with E-state index in [1.165, 1.54) is 18.4 Å². The van der Waals surface area contributed by atoms with Crippen molar-refractivity contribution in [2.45, 2.75) is 30.0 Å². The highest BCUT2D eigenvalue weighted by Crippen LogP contribution is 2.25. The average molecular weight is 330 g/mol. The molecule has 3 atom stereocenters. The third-order valence-electron chi connectivity index (χ3n) is 3.64. The van der Waals surface area contributed by atoms with E-state index < -0.39 is 16.6 Å². The van der Waals surface area contributed by atoms with Crippen molar-refractivity contribution < 1.29 is 13.4 Å². The predicted molar refractivity (Wildman–Crippen MR) is 85.8 cm³/mol. The minimum absolute atomic E-state index is 0.135. The summed E-state index contributed by atoms with van der Waals surface area (Å²) >= 11 is 1.85. The van der Waals surface area contributed by atoms with Crippen LogP contribution in [0.1, 0.15) is 13.8 Å². The molecule has 116 valence electrons. The van der Waals surface area contributed by atoms with Gasteiger partial charge in [0.15, 0.2) is 0 Å². The highest BCUT2D eigenvalue weighted by molar-refractivity contribution is 8.00. The summed E-state index contributed by atoms with van der Waals surface area (Å²) in [6.45, 7) is 4.79. The lowest BCUT2D eigenvalue weighted by molar-refractivity contribution is 0.194. The summed E-state index contributed by atoms with van der Waals surface area (Å²) < 4.78 is 25.1. The van der Waals surface area contributed by atoms with Crippen molar-refractivity contribution in [1.82, 2.24) is 4.90 Å². The first-order valence-corrected chi connectivity index (χ1v) is 9.33.